The van der Waals surface area contributed by atoms with E-state index in [0.717, 1.165) is 18.9 Å². The highest BCUT2D eigenvalue weighted by Gasteiger charge is 2.31. The van der Waals surface area contributed by atoms with Crippen LogP contribution in [0, 0.1) is 5.82 Å². The predicted molar refractivity (Wildman–Crippen MR) is 103 cm³/mol. The molecule has 0 radical (unpaired) electrons. The molecule has 6 nitrogen and oxygen atoms in total. The van der Waals surface area contributed by atoms with Crippen LogP contribution in [0.3, 0.4) is 0 Å². The van der Waals surface area contributed by atoms with Crippen molar-refractivity contribution in [1.82, 2.24) is 9.88 Å². The quantitative estimate of drug-likeness (QED) is 0.784. The fourth-order valence-electron chi connectivity index (χ4n) is 3.65. The van der Waals surface area contributed by atoms with Gasteiger partial charge in [-0.3, -0.25) is 4.79 Å². The molecule has 2 aliphatic rings. The van der Waals surface area contributed by atoms with Crippen LogP contribution in [-0.2, 0) is 0 Å². The highest BCUT2D eigenvalue weighted by molar-refractivity contribution is 6.38. The number of piperazine rings is 1. The van der Waals surface area contributed by atoms with E-state index in [1.807, 2.05) is 4.90 Å². The molecule has 27 heavy (non-hydrogen) atoms. The van der Waals surface area contributed by atoms with Gasteiger partial charge in [-0.25, -0.2) is 9.18 Å². The number of aromatic carboxylic acids is 1. The Labute approximate surface area is 159 Å². The number of anilines is 1. The lowest BCUT2D eigenvalue weighted by atomic mass is 10.1. The zero-order chi connectivity index (χ0) is 19.3. The summed E-state index contributed by atoms with van der Waals surface area (Å²) in [5.41, 5.74) is -0.439. The van der Waals surface area contributed by atoms with Crippen LogP contribution in [0.2, 0.25) is 5.02 Å². The highest BCUT2D eigenvalue weighted by Crippen LogP contribution is 2.42. The van der Waals surface area contributed by atoms with Gasteiger partial charge in [0.05, 0.1) is 21.6 Å². The Morgan fingerprint density at radius 3 is 2.81 bits per heavy atom. The van der Waals surface area contributed by atoms with E-state index in [1.54, 1.807) is 10.6 Å². The largest absolute Gasteiger partial charge is 0.477 e. The number of benzene rings is 1. The van der Waals surface area contributed by atoms with Gasteiger partial charge in [0.2, 0.25) is 5.43 Å². The number of nitrogens with one attached hydrogen (secondary N) is 1. The maximum absolute atomic E-state index is 15.0. The Balaban J connectivity index is 1.97. The number of hydrogen-bond donors (Lipinski definition) is 2. The molecule has 1 aliphatic heterocycles. The van der Waals surface area contributed by atoms with Gasteiger partial charge in [-0.2, -0.15) is 0 Å². The van der Waals surface area contributed by atoms with Crippen molar-refractivity contribution in [2.75, 3.05) is 24.5 Å². The van der Waals surface area contributed by atoms with Crippen LogP contribution >= 0.6 is 11.6 Å². The van der Waals surface area contributed by atoms with Crippen LogP contribution in [0.25, 0.3) is 10.9 Å². The first-order valence-electron chi connectivity index (χ1n) is 8.83. The maximum Gasteiger partial charge on any atom is 0.341 e. The zero-order valence-electron chi connectivity index (χ0n) is 14.5. The number of halogens is 2. The standard InChI is InChI=1S/C19H19ClFN3O3/c1-2-10-8-23(6-5-22-10)17-14(21)7-12-16(15(17)20)24(11-3-4-11)9-13(18(12)25)19(26)27/h2,7,9-11,22H,1,3-6,8H2,(H,26,27). The molecule has 2 aromatic rings. The van der Waals surface area contributed by atoms with Crippen LogP contribution in [0.5, 0.6) is 0 Å². The SMILES string of the molecule is C=CC1CN(c2c(F)cc3c(=O)c(C(=O)O)cn(C4CC4)c3c2Cl)CCN1. The number of carboxylic acids is 1. The summed E-state index contributed by atoms with van der Waals surface area (Å²) in [6.07, 6.45) is 4.83. The predicted octanol–water partition coefficient (Wildman–Crippen LogP) is 2.79. The Morgan fingerprint density at radius 1 is 1.44 bits per heavy atom. The third kappa shape index (κ3) is 3.00. The Bertz CT molecular complexity index is 1020. The molecule has 4 rings (SSSR count). The van der Waals surface area contributed by atoms with Crippen molar-refractivity contribution in [3.05, 3.63) is 51.5 Å². The van der Waals surface area contributed by atoms with Crippen molar-refractivity contribution in [3.8, 4) is 0 Å². The van der Waals surface area contributed by atoms with Gasteiger partial charge in [0, 0.05) is 37.9 Å². The number of rotatable bonds is 4. The van der Waals surface area contributed by atoms with E-state index in [2.05, 4.69) is 11.9 Å². The molecular weight excluding hydrogens is 373 g/mol. The Kier molecular flexibility index (Phi) is 4.44. The third-order valence-corrected chi connectivity index (χ3v) is 5.52. The van der Waals surface area contributed by atoms with Crippen LogP contribution in [-0.4, -0.2) is 41.3 Å². The number of carbonyl (C=O) groups is 1. The second-order valence-corrected chi connectivity index (χ2v) is 7.35. The second-order valence-electron chi connectivity index (χ2n) is 6.97. The fraction of sp³-hybridized carbons (Fsp3) is 0.368. The molecule has 1 saturated heterocycles. The summed E-state index contributed by atoms with van der Waals surface area (Å²) in [6, 6.07) is 1.20. The minimum Gasteiger partial charge on any atom is -0.477 e. The number of hydrogen-bond acceptors (Lipinski definition) is 4. The first-order valence-corrected chi connectivity index (χ1v) is 9.21. The smallest absolute Gasteiger partial charge is 0.341 e. The van der Waals surface area contributed by atoms with Gasteiger partial charge in [-0.15, -0.1) is 6.58 Å². The van der Waals surface area contributed by atoms with Crippen LogP contribution in [0.1, 0.15) is 29.2 Å². The molecule has 2 N–H and O–H groups in total. The first kappa shape index (κ1) is 18.0. The molecule has 1 aromatic heterocycles. The average molecular weight is 392 g/mol. The van der Waals surface area contributed by atoms with E-state index in [4.69, 9.17) is 11.6 Å². The van der Waals surface area contributed by atoms with E-state index in [-0.39, 0.29) is 33.7 Å². The minimum atomic E-state index is -1.33. The normalized spacial score (nSPS) is 20.1. The van der Waals surface area contributed by atoms with Gasteiger partial charge in [-0.05, 0) is 18.9 Å². The number of pyridine rings is 1. The van der Waals surface area contributed by atoms with Crippen molar-refractivity contribution in [3.63, 3.8) is 0 Å². The van der Waals surface area contributed by atoms with E-state index < -0.39 is 17.2 Å². The van der Waals surface area contributed by atoms with Crippen LogP contribution < -0.4 is 15.6 Å². The van der Waals surface area contributed by atoms with Gasteiger partial charge >= 0.3 is 5.97 Å². The molecular formula is C19H19ClFN3O3. The van der Waals surface area contributed by atoms with E-state index in [1.165, 1.54) is 6.20 Å². The van der Waals surface area contributed by atoms with Crippen molar-refractivity contribution in [2.45, 2.75) is 24.9 Å². The minimum absolute atomic E-state index is 0.00320. The zero-order valence-corrected chi connectivity index (χ0v) is 15.3. The van der Waals surface area contributed by atoms with E-state index >= 15 is 0 Å². The molecule has 8 heteroatoms. The summed E-state index contributed by atoms with van der Waals surface area (Å²) in [4.78, 5) is 25.9. The summed E-state index contributed by atoms with van der Waals surface area (Å²) in [7, 11) is 0. The van der Waals surface area contributed by atoms with Crippen molar-refractivity contribution >= 4 is 34.2 Å². The molecule has 1 atom stereocenters. The maximum atomic E-state index is 15.0. The summed E-state index contributed by atoms with van der Waals surface area (Å²) in [6.45, 7) is 5.49. The molecule has 1 unspecified atom stereocenters. The Morgan fingerprint density at radius 2 is 2.19 bits per heavy atom. The molecule has 0 spiro atoms. The number of aromatic nitrogens is 1. The summed E-state index contributed by atoms with van der Waals surface area (Å²) < 4.78 is 16.7. The second kappa shape index (κ2) is 6.65. The van der Waals surface area contributed by atoms with Gasteiger partial charge < -0.3 is 19.9 Å². The van der Waals surface area contributed by atoms with Crippen molar-refractivity contribution in [2.24, 2.45) is 0 Å². The highest BCUT2D eigenvalue weighted by atomic mass is 35.5. The molecule has 1 aliphatic carbocycles. The van der Waals surface area contributed by atoms with Gasteiger partial charge in [0.25, 0.3) is 0 Å². The van der Waals surface area contributed by atoms with Crippen LogP contribution in [0.15, 0.2) is 29.7 Å². The molecule has 0 amide bonds. The monoisotopic (exact) mass is 391 g/mol. The van der Waals surface area contributed by atoms with Gasteiger partial charge in [0.1, 0.15) is 11.4 Å². The summed E-state index contributed by atoms with van der Waals surface area (Å²) >= 11 is 6.62. The fourth-order valence-corrected chi connectivity index (χ4v) is 4.06. The van der Waals surface area contributed by atoms with Gasteiger partial charge in [-0.1, -0.05) is 17.7 Å². The lowest BCUT2D eigenvalue weighted by molar-refractivity contribution is 0.0695. The van der Waals surface area contributed by atoms with Gasteiger partial charge in [0.15, 0.2) is 0 Å². The molecule has 1 aromatic carbocycles. The topological polar surface area (TPSA) is 74.6 Å². The molecule has 2 heterocycles. The third-order valence-electron chi connectivity index (χ3n) is 5.16. The number of nitrogens with zero attached hydrogens (tertiary/aromatic N) is 2. The molecule has 142 valence electrons. The molecule has 2 fully saturated rings. The lowest BCUT2D eigenvalue weighted by Crippen LogP contribution is -2.50. The number of fused-ring (bicyclic) bond motifs is 1. The van der Waals surface area contributed by atoms with Crippen LogP contribution in [0.4, 0.5) is 10.1 Å². The summed E-state index contributed by atoms with van der Waals surface area (Å²) in [5, 5.41) is 12.8. The Hall–Kier alpha value is -2.38. The number of carboxylic acid groups (broad SMARTS) is 1. The van der Waals surface area contributed by atoms with E-state index in [9.17, 15) is 19.1 Å². The lowest BCUT2D eigenvalue weighted by Gasteiger charge is -2.35. The van der Waals surface area contributed by atoms with E-state index in [0.29, 0.717) is 25.2 Å². The van der Waals surface area contributed by atoms with Crippen molar-refractivity contribution in [1.29, 1.82) is 0 Å². The van der Waals surface area contributed by atoms with Crippen molar-refractivity contribution < 1.29 is 14.3 Å². The molecule has 0 bridgehead atoms. The molecule has 1 saturated carbocycles. The summed E-state index contributed by atoms with van der Waals surface area (Å²) in [5.74, 6) is -1.95. The average Bonchev–Trinajstić information content (AvgIpc) is 3.47. The first-order chi connectivity index (χ1) is 12.9.